The Morgan fingerprint density at radius 2 is 1.12 bits per heavy atom. The molecule has 0 saturated carbocycles. The van der Waals surface area contributed by atoms with Gasteiger partial charge in [0.25, 0.3) is 0 Å². The summed E-state index contributed by atoms with van der Waals surface area (Å²) in [5.41, 5.74) is 13.0. The van der Waals surface area contributed by atoms with Crippen molar-refractivity contribution in [2.45, 2.75) is 117 Å². The lowest BCUT2D eigenvalue weighted by molar-refractivity contribution is 0.332. The van der Waals surface area contributed by atoms with E-state index in [9.17, 15) is 0 Å². The van der Waals surface area contributed by atoms with Crippen molar-refractivity contribution in [1.29, 1.82) is 0 Å². The van der Waals surface area contributed by atoms with Gasteiger partial charge >= 0.3 is 0 Å². The highest BCUT2D eigenvalue weighted by Crippen LogP contribution is 2.52. The van der Waals surface area contributed by atoms with E-state index in [0.29, 0.717) is 0 Å². The van der Waals surface area contributed by atoms with Gasteiger partial charge in [0.15, 0.2) is 0 Å². The van der Waals surface area contributed by atoms with Crippen LogP contribution in [0.3, 0.4) is 0 Å². The molecule has 2 nitrogen and oxygen atoms in total. The third-order valence-corrected chi connectivity index (χ3v) is 10.7. The summed E-state index contributed by atoms with van der Waals surface area (Å²) in [7, 11) is 0. The van der Waals surface area contributed by atoms with Crippen molar-refractivity contribution >= 4 is 39.6 Å². The molecule has 3 aromatic carbocycles. The van der Waals surface area contributed by atoms with E-state index in [1.807, 2.05) is 12.3 Å². The predicted molar refractivity (Wildman–Crippen MR) is 176 cm³/mol. The zero-order valence-corrected chi connectivity index (χ0v) is 27.4. The standard InChI is InChI=1S/C38H46ClNO/c1-23-15-25(39)18-26(16-23)40(32-20-30-28(17-24(32)2)35(3,4)11-13-37(30,7)8)33-22-41-34-21-31-29(19-27(33)34)36(5,6)12-14-38(31,9)10/h15-22H,11-14H2,1-10H3. The number of halogens is 1. The second-order valence-corrected chi connectivity index (χ2v) is 16.0. The molecule has 0 amide bonds. The average molecular weight is 568 g/mol. The summed E-state index contributed by atoms with van der Waals surface area (Å²) in [4.78, 5) is 2.39. The van der Waals surface area contributed by atoms with E-state index in [2.05, 4.69) is 111 Å². The van der Waals surface area contributed by atoms with Gasteiger partial charge in [-0.3, -0.25) is 0 Å². The largest absolute Gasteiger partial charge is 0.462 e. The molecule has 3 heteroatoms. The third kappa shape index (κ3) is 4.62. The highest BCUT2D eigenvalue weighted by molar-refractivity contribution is 6.31. The van der Waals surface area contributed by atoms with Crippen molar-refractivity contribution in [1.82, 2.24) is 0 Å². The van der Waals surface area contributed by atoms with Crippen molar-refractivity contribution in [3.8, 4) is 0 Å². The molecule has 0 aliphatic heterocycles. The minimum Gasteiger partial charge on any atom is -0.462 e. The van der Waals surface area contributed by atoms with Gasteiger partial charge in [-0.15, -0.1) is 0 Å². The number of rotatable bonds is 3. The number of hydrogen-bond acceptors (Lipinski definition) is 2. The van der Waals surface area contributed by atoms with Crippen molar-refractivity contribution in [3.05, 3.63) is 87.1 Å². The molecule has 216 valence electrons. The summed E-state index contributed by atoms with van der Waals surface area (Å²) in [6.45, 7) is 23.5. The van der Waals surface area contributed by atoms with Gasteiger partial charge in [-0.1, -0.05) is 73.1 Å². The van der Waals surface area contributed by atoms with E-state index in [-0.39, 0.29) is 21.7 Å². The van der Waals surface area contributed by atoms with Crippen molar-refractivity contribution in [3.63, 3.8) is 0 Å². The molecule has 0 atom stereocenters. The van der Waals surface area contributed by atoms with Crippen LogP contribution < -0.4 is 4.90 Å². The lowest BCUT2D eigenvalue weighted by Crippen LogP contribution is -2.34. The molecular weight excluding hydrogens is 522 g/mol. The number of hydrogen-bond donors (Lipinski definition) is 0. The molecule has 0 fully saturated rings. The van der Waals surface area contributed by atoms with Crippen LogP contribution in [0.5, 0.6) is 0 Å². The van der Waals surface area contributed by atoms with Crippen LogP contribution in [0.25, 0.3) is 11.0 Å². The first-order valence-electron chi connectivity index (χ1n) is 15.3. The van der Waals surface area contributed by atoms with E-state index < -0.39 is 0 Å². The second kappa shape index (κ2) is 9.14. The van der Waals surface area contributed by atoms with Crippen molar-refractivity contribution < 1.29 is 4.42 Å². The molecule has 6 rings (SSSR count). The molecule has 1 aromatic heterocycles. The monoisotopic (exact) mass is 567 g/mol. The Balaban J connectivity index is 1.65. The number of furan rings is 1. The number of aryl methyl sites for hydroxylation is 2. The van der Waals surface area contributed by atoms with Crippen LogP contribution in [0.4, 0.5) is 17.1 Å². The quantitative estimate of drug-likeness (QED) is 0.245. The number of anilines is 3. The maximum absolute atomic E-state index is 6.71. The fourth-order valence-corrected chi connectivity index (χ4v) is 7.74. The second-order valence-electron chi connectivity index (χ2n) is 15.6. The van der Waals surface area contributed by atoms with Gasteiger partial charge in [-0.25, -0.2) is 0 Å². The van der Waals surface area contributed by atoms with Gasteiger partial charge in [0.05, 0.1) is 5.69 Å². The van der Waals surface area contributed by atoms with Crippen LogP contribution in [-0.2, 0) is 21.7 Å². The Labute approximate surface area is 252 Å². The van der Waals surface area contributed by atoms with E-state index in [4.69, 9.17) is 16.0 Å². The number of benzene rings is 3. The van der Waals surface area contributed by atoms with E-state index in [0.717, 1.165) is 32.9 Å². The predicted octanol–water partition coefficient (Wildman–Crippen LogP) is 11.9. The Hall–Kier alpha value is -2.71. The van der Waals surface area contributed by atoms with E-state index in [1.54, 1.807) is 0 Å². The maximum Gasteiger partial charge on any atom is 0.136 e. The molecule has 2 aliphatic carbocycles. The number of fused-ring (bicyclic) bond motifs is 3. The van der Waals surface area contributed by atoms with Gasteiger partial charge in [-0.2, -0.15) is 0 Å². The van der Waals surface area contributed by atoms with Crippen LogP contribution >= 0.6 is 11.6 Å². The smallest absolute Gasteiger partial charge is 0.136 e. The summed E-state index contributed by atoms with van der Waals surface area (Å²) < 4.78 is 6.41. The zero-order chi connectivity index (χ0) is 29.7. The normalized spacial score (nSPS) is 20.0. The van der Waals surface area contributed by atoms with Crippen LogP contribution in [0.2, 0.25) is 5.02 Å². The topological polar surface area (TPSA) is 16.4 Å². The first kappa shape index (κ1) is 28.4. The molecule has 0 spiro atoms. The Bertz CT molecular complexity index is 1660. The molecule has 2 aliphatic rings. The molecule has 0 radical (unpaired) electrons. The summed E-state index contributed by atoms with van der Waals surface area (Å²) >= 11 is 6.71. The molecular formula is C38H46ClNO. The van der Waals surface area contributed by atoms with Gasteiger partial charge in [0.2, 0.25) is 0 Å². The van der Waals surface area contributed by atoms with Crippen LogP contribution in [-0.4, -0.2) is 0 Å². The van der Waals surface area contributed by atoms with Gasteiger partial charge in [-0.05, 0) is 131 Å². The maximum atomic E-state index is 6.71. The van der Waals surface area contributed by atoms with Crippen LogP contribution in [0.15, 0.2) is 53.1 Å². The Morgan fingerprint density at radius 1 is 0.610 bits per heavy atom. The fourth-order valence-electron chi connectivity index (χ4n) is 7.45. The van der Waals surface area contributed by atoms with E-state index in [1.165, 1.54) is 59.2 Å². The van der Waals surface area contributed by atoms with E-state index >= 15 is 0 Å². The first-order valence-corrected chi connectivity index (χ1v) is 15.7. The van der Waals surface area contributed by atoms with Crippen molar-refractivity contribution in [2.24, 2.45) is 0 Å². The zero-order valence-electron chi connectivity index (χ0n) is 26.7. The molecule has 0 unspecified atom stereocenters. The SMILES string of the molecule is Cc1cc(Cl)cc(N(c2cc3c(cc2C)C(C)(C)CCC3(C)C)c2coc3cc4c(cc23)C(C)(C)CCC4(C)C)c1. The Kier molecular flexibility index (Phi) is 6.34. The van der Waals surface area contributed by atoms with Crippen molar-refractivity contribution in [2.75, 3.05) is 4.90 Å². The fraction of sp³-hybridized carbons (Fsp3) is 0.474. The minimum absolute atomic E-state index is 0.108. The number of nitrogens with zero attached hydrogens (tertiary/aromatic N) is 1. The molecule has 41 heavy (non-hydrogen) atoms. The lowest BCUT2D eigenvalue weighted by Gasteiger charge is -2.43. The molecule has 0 N–H and O–H groups in total. The van der Waals surface area contributed by atoms with Gasteiger partial charge in [0.1, 0.15) is 11.8 Å². The third-order valence-electron chi connectivity index (χ3n) is 10.5. The highest BCUT2D eigenvalue weighted by atomic mass is 35.5. The average Bonchev–Trinajstić information content (AvgIpc) is 3.27. The molecule has 4 aromatic rings. The Morgan fingerprint density at radius 3 is 1.68 bits per heavy atom. The van der Waals surface area contributed by atoms with Gasteiger partial charge < -0.3 is 9.32 Å². The van der Waals surface area contributed by atoms with Crippen LogP contribution in [0, 0.1) is 13.8 Å². The summed E-state index contributed by atoms with van der Waals surface area (Å²) in [5.74, 6) is 0. The van der Waals surface area contributed by atoms with Gasteiger partial charge in [0, 0.05) is 21.8 Å². The molecule has 0 saturated heterocycles. The molecule has 1 heterocycles. The molecule has 0 bridgehead atoms. The summed E-state index contributed by atoms with van der Waals surface area (Å²) in [6.07, 6.45) is 6.70. The van der Waals surface area contributed by atoms with Crippen LogP contribution in [0.1, 0.15) is 114 Å². The highest BCUT2D eigenvalue weighted by Gasteiger charge is 2.40. The first-order chi connectivity index (χ1) is 19.0. The minimum atomic E-state index is 0.108. The summed E-state index contributed by atoms with van der Waals surface area (Å²) in [5, 5.41) is 1.90. The summed E-state index contributed by atoms with van der Waals surface area (Å²) in [6, 6.07) is 16.0. The lowest BCUT2D eigenvalue weighted by atomic mass is 9.62.